The molecule has 0 spiro atoms. The lowest BCUT2D eigenvalue weighted by atomic mass is 10.1. The van der Waals surface area contributed by atoms with Crippen molar-refractivity contribution in [2.24, 2.45) is 0 Å². The second-order valence-corrected chi connectivity index (χ2v) is 4.54. The number of hydrogen-bond donors (Lipinski definition) is 2. The third kappa shape index (κ3) is 2.17. The molecule has 1 heterocycles. The Kier molecular flexibility index (Phi) is 3.69. The van der Waals surface area contributed by atoms with Gasteiger partial charge in [0.15, 0.2) is 0 Å². The van der Waals surface area contributed by atoms with Gasteiger partial charge in [-0.1, -0.05) is 17.7 Å². The van der Waals surface area contributed by atoms with Crippen LogP contribution in [0, 0.1) is 0 Å². The topological polar surface area (TPSA) is 43.7 Å². The lowest BCUT2D eigenvalue weighted by Gasteiger charge is -2.27. The van der Waals surface area contributed by atoms with Crippen LogP contribution in [0.15, 0.2) is 18.2 Å². The van der Waals surface area contributed by atoms with E-state index in [9.17, 15) is 10.2 Å². The molecule has 2 rings (SSSR count). The first kappa shape index (κ1) is 11.7. The van der Waals surface area contributed by atoms with Gasteiger partial charge in [0.2, 0.25) is 0 Å². The van der Waals surface area contributed by atoms with Gasteiger partial charge in [-0.3, -0.25) is 0 Å². The molecule has 1 aromatic carbocycles. The van der Waals surface area contributed by atoms with Crippen molar-refractivity contribution in [1.82, 2.24) is 0 Å². The highest BCUT2D eigenvalue weighted by atomic mass is 35.5. The molecule has 1 saturated heterocycles. The van der Waals surface area contributed by atoms with Crippen molar-refractivity contribution in [2.45, 2.75) is 25.5 Å². The fraction of sp³-hybridized carbons (Fsp3) is 0.500. The molecule has 0 aromatic heterocycles. The van der Waals surface area contributed by atoms with Crippen LogP contribution in [0.5, 0.6) is 0 Å². The van der Waals surface area contributed by atoms with E-state index >= 15 is 0 Å². The van der Waals surface area contributed by atoms with Crippen LogP contribution in [-0.4, -0.2) is 29.4 Å². The van der Waals surface area contributed by atoms with Crippen molar-refractivity contribution < 1.29 is 10.2 Å². The zero-order valence-corrected chi connectivity index (χ0v) is 9.82. The Balaban J connectivity index is 2.34. The summed E-state index contributed by atoms with van der Waals surface area (Å²) in [6, 6.07) is 5.63. The van der Waals surface area contributed by atoms with Crippen LogP contribution in [0.2, 0.25) is 5.02 Å². The van der Waals surface area contributed by atoms with E-state index in [-0.39, 0.29) is 19.3 Å². The average molecular weight is 242 g/mol. The summed E-state index contributed by atoms with van der Waals surface area (Å²) in [4.78, 5) is 2.14. The number of benzene rings is 1. The van der Waals surface area contributed by atoms with Crippen LogP contribution in [0.1, 0.15) is 18.4 Å². The number of rotatable bonds is 3. The maximum atomic E-state index is 9.30. The molecule has 16 heavy (non-hydrogen) atoms. The van der Waals surface area contributed by atoms with E-state index in [2.05, 4.69) is 4.90 Å². The van der Waals surface area contributed by atoms with E-state index in [1.165, 1.54) is 0 Å². The van der Waals surface area contributed by atoms with E-state index in [0.717, 1.165) is 30.6 Å². The van der Waals surface area contributed by atoms with Gasteiger partial charge < -0.3 is 15.1 Å². The molecular weight excluding hydrogens is 226 g/mol. The van der Waals surface area contributed by atoms with Crippen LogP contribution in [0.25, 0.3) is 0 Å². The summed E-state index contributed by atoms with van der Waals surface area (Å²) in [5.41, 5.74) is 1.82. The third-order valence-electron chi connectivity index (χ3n) is 3.12. The molecule has 2 N–H and O–H groups in total. The van der Waals surface area contributed by atoms with Gasteiger partial charge in [-0.15, -0.1) is 0 Å². The Morgan fingerprint density at radius 3 is 2.88 bits per heavy atom. The molecule has 1 aliphatic rings. The van der Waals surface area contributed by atoms with E-state index < -0.39 is 0 Å². The van der Waals surface area contributed by atoms with Gasteiger partial charge >= 0.3 is 0 Å². The maximum Gasteiger partial charge on any atom is 0.0702 e. The highest BCUT2D eigenvalue weighted by Gasteiger charge is 2.25. The van der Waals surface area contributed by atoms with Gasteiger partial charge in [-0.2, -0.15) is 0 Å². The summed E-state index contributed by atoms with van der Waals surface area (Å²) in [7, 11) is 0. The van der Waals surface area contributed by atoms with Crippen molar-refractivity contribution >= 4 is 17.3 Å². The van der Waals surface area contributed by atoms with Crippen LogP contribution in [0.3, 0.4) is 0 Å². The number of anilines is 1. The molecule has 3 nitrogen and oxygen atoms in total. The fourth-order valence-corrected chi connectivity index (χ4v) is 2.45. The molecule has 1 aromatic rings. The molecule has 0 bridgehead atoms. The van der Waals surface area contributed by atoms with Gasteiger partial charge in [-0.25, -0.2) is 0 Å². The Morgan fingerprint density at radius 2 is 2.19 bits per heavy atom. The van der Waals surface area contributed by atoms with Crippen molar-refractivity contribution in [3.05, 3.63) is 28.8 Å². The number of halogens is 1. The smallest absolute Gasteiger partial charge is 0.0702 e. The summed E-state index contributed by atoms with van der Waals surface area (Å²) in [6.07, 6.45) is 2.07. The predicted octanol–water partition coefficient (Wildman–Crippen LogP) is 1.79. The quantitative estimate of drug-likeness (QED) is 0.848. The van der Waals surface area contributed by atoms with Crippen LogP contribution < -0.4 is 4.90 Å². The van der Waals surface area contributed by atoms with Crippen molar-refractivity contribution in [2.75, 3.05) is 18.1 Å². The predicted molar refractivity (Wildman–Crippen MR) is 64.8 cm³/mol. The minimum absolute atomic E-state index is 0.00114. The van der Waals surface area contributed by atoms with Gasteiger partial charge in [0.05, 0.1) is 19.3 Å². The Bertz CT molecular complexity index is 370. The standard InChI is InChI=1S/C12H16ClNO2/c13-10-4-3-9(7-15)12(6-10)14-5-1-2-11(14)8-16/h3-4,6,11,15-16H,1-2,5,7-8H2. The van der Waals surface area contributed by atoms with Gasteiger partial charge in [0.25, 0.3) is 0 Å². The van der Waals surface area contributed by atoms with Gasteiger partial charge in [0.1, 0.15) is 0 Å². The van der Waals surface area contributed by atoms with E-state index in [1.54, 1.807) is 6.07 Å². The summed E-state index contributed by atoms with van der Waals surface area (Å²) in [6.45, 7) is 1.07. The second kappa shape index (κ2) is 5.04. The zero-order valence-electron chi connectivity index (χ0n) is 9.06. The maximum absolute atomic E-state index is 9.30. The van der Waals surface area contributed by atoms with E-state index in [1.807, 2.05) is 12.1 Å². The molecule has 0 saturated carbocycles. The van der Waals surface area contributed by atoms with Crippen molar-refractivity contribution in [3.8, 4) is 0 Å². The first-order chi connectivity index (χ1) is 7.76. The normalized spacial score (nSPS) is 20.4. The van der Waals surface area contributed by atoms with E-state index in [0.29, 0.717) is 5.02 Å². The number of hydrogen-bond acceptors (Lipinski definition) is 3. The number of nitrogens with zero attached hydrogens (tertiary/aromatic N) is 1. The molecule has 0 amide bonds. The average Bonchev–Trinajstić information content (AvgIpc) is 2.76. The van der Waals surface area contributed by atoms with Crippen LogP contribution in [0.4, 0.5) is 5.69 Å². The highest BCUT2D eigenvalue weighted by molar-refractivity contribution is 6.30. The number of aliphatic hydroxyl groups excluding tert-OH is 2. The van der Waals surface area contributed by atoms with Gasteiger partial charge in [0, 0.05) is 22.8 Å². The fourth-order valence-electron chi connectivity index (χ4n) is 2.28. The molecule has 0 radical (unpaired) electrons. The molecule has 4 heteroatoms. The van der Waals surface area contributed by atoms with Gasteiger partial charge in [-0.05, 0) is 25.0 Å². The monoisotopic (exact) mass is 241 g/mol. The van der Waals surface area contributed by atoms with Crippen molar-refractivity contribution in [3.63, 3.8) is 0 Å². The zero-order chi connectivity index (χ0) is 11.5. The summed E-state index contributed by atoms with van der Waals surface area (Å²) in [5, 5.41) is 19.3. The summed E-state index contributed by atoms with van der Waals surface area (Å²) < 4.78 is 0. The third-order valence-corrected chi connectivity index (χ3v) is 3.35. The molecule has 1 unspecified atom stereocenters. The molecule has 1 aliphatic heterocycles. The SMILES string of the molecule is OCc1ccc(Cl)cc1N1CCCC1CO. The molecule has 88 valence electrons. The first-order valence-corrected chi connectivity index (χ1v) is 5.91. The van der Waals surface area contributed by atoms with Crippen LogP contribution in [-0.2, 0) is 6.61 Å². The molecular formula is C12H16ClNO2. The lowest BCUT2D eigenvalue weighted by molar-refractivity contribution is 0.264. The highest BCUT2D eigenvalue weighted by Crippen LogP contribution is 2.31. The number of aliphatic hydroxyl groups is 2. The lowest BCUT2D eigenvalue weighted by Crippen LogP contribution is -2.32. The molecule has 1 fully saturated rings. The minimum atomic E-state index is 0.00114. The second-order valence-electron chi connectivity index (χ2n) is 4.10. The summed E-state index contributed by atoms with van der Waals surface area (Å²) >= 11 is 5.97. The molecule has 1 atom stereocenters. The Morgan fingerprint density at radius 1 is 1.38 bits per heavy atom. The first-order valence-electron chi connectivity index (χ1n) is 5.53. The van der Waals surface area contributed by atoms with E-state index in [4.69, 9.17) is 11.6 Å². The summed E-state index contributed by atoms with van der Waals surface area (Å²) in [5.74, 6) is 0. The minimum Gasteiger partial charge on any atom is -0.394 e. The Labute approximate surface area is 100 Å². The van der Waals surface area contributed by atoms with Crippen molar-refractivity contribution in [1.29, 1.82) is 0 Å². The molecule has 0 aliphatic carbocycles. The van der Waals surface area contributed by atoms with Crippen LogP contribution >= 0.6 is 11.6 Å². The Hall–Kier alpha value is -0.770. The largest absolute Gasteiger partial charge is 0.394 e.